The Balaban J connectivity index is 2.02. The molecule has 4 nitrogen and oxygen atoms in total. The van der Waals surface area contributed by atoms with Crippen molar-refractivity contribution in [1.29, 1.82) is 0 Å². The fraction of sp³-hybridized carbons (Fsp3) is 0.500. The molecule has 1 aliphatic rings. The fourth-order valence-electron chi connectivity index (χ4n) is 2.35. The highest BCUT2D eigenvalue weighted by atomic mass is 16.5. The number of anilines is 1. The molecule has 0 radical (unpaired) electrons. The van der Waals surface area contributed by atoms with E-state index in [1.54, 1.807) is 0 Å². The molecule has 2 N–H and O–H groups in total. The van der Waals surface area contributed by atoms with Gasteiger partial charge in [-0.3, -0.25) is 4.79 Å². The minimum absolute atomic E-state index is 0.103. The summed E-state index contributed by atoms with van der Waals surface area (Å²) >= 11 is 0. The first-order chi connectivity index (χ1) is 8.56. The number of hydrogen-bond donors (Lipinski definition) is 1. The monoisotopic (exact) mass is 248 g/mol. The number of para-hydroxylation sites is 1. The average molecular weight is 248 g/mol. The largest absolute Gasteiger partial charge is 0.398 e. The highest BCUT2D eigenvalue weighted by molar-refractivity contribution is 5.80. The maximum Gasteiger partial charge on any atom is 0.227 e. The lowest BCUT2D eigenvalue weighted by molar-refractivity contribution is -0.142. The molecule has 2 rings (SSSR count). The van der Waals surface area contributed by atoms with Crippen molar-refractivity contribution in [3.63, 3.8) is 0 Å². The number of nitrogen functional groups attached to an aromatic ring is 1. The Hall–Kier alpha value is -1.55. The van der Waals surface area contributed by atoms with Crippen molar-refractivity contribution in [2.75, 3.05) is 18.8 Å². The van der Waals surface area contributed by atoms with E-state index < -0.39 is 0 Å². The Morgan fingerprint density at radius 2 is 1.94 bits per heavy atom. The van der Waals surface area contributed by atoms with Gasteiger partial charge in [-0.2, -0.15) is 0 Å². The summed E-state index contributed by atoms with van der Waals surface area (Å²) in [6.45, 7) is 5.31. The molecule has 18 heavy (non-hydrogen) atoms. The molecular weight excluding hydrogens is 228 g/mol. The summed E-state index contributed by atoms with van der Waals surface area (Å²) in [7, 11) is 0. The number of carbonyl (C=O) groups excluding carboxylic acids is 1. The zero-order valence-electron chi connectivity index (χ0n) is 10.9. The van der Waals surface area contributed by atoms with E-state index in [0.717, 1.165) is 5.56 Å². The predicted octanol–water partition coefficient (Wildman–Crippen LogP) is 1.45. The number of amides is 1. The van der Waals surface area contributed by atoms with Gasteiger partial charge >= 0.3 is 0 Å². The molecule has 0 aromatic heterocycles. The van der Waals surface area contributed by atoms with Crippen molar-refractivity contribution < 1.29 is 9.53 Å². The van der Waals surface area contributed by atoms with Crippen LogP contribution >= 0.6 is 0 Å². The van der Waals surface area contributed by atoms with E-state index in [4.69, 9.17) is 10.5 Å². The molecule has 98 valence electrons. The number of benzene rings is 1. The number of ether oxygens (including phenoxy) is 1. The third-order valence-electron chi connectivity index (χ3n) is 3.17. The van der Waals surface area contributed by atoms with E-state index in [-0.39, 0.29) is 18.1 Å². The van der Waals surface area contributed by atoms with Crippen molar-refractivity contribution in [3.8, 4) is 0 Å². The molecule has 0 spiro atoms. The normalized spacial score (nSPS) is 24.0. The number of hydrogen-bond acceptors (Lipinski definition) is 3. The molecule has 0 unspecified atom stereocenters. The summed E-state index contributed by atoms with van der Waals surface area (Å²) in [5.41, 5.74) is 7.44. The van der Waals surface area contributed by atoms with Crippen LogP contribution in [0.25, 0.3) is 0 Å². The predicted molar refractivity (Wildman–Crippen MR) is 71.1 cm³/mol. The lowest BCUT2D eigenvalue weighted by atomic mass is 10.1. The summed E-state index contributed by atoms with van der Waals surface area (Å²) in [4.78, 5) is 14.1. The van der Waals surface area contributed by atoms with Gasteiger partial charge in [-0.1, -0.05) is 18.2 Å². The van der Waals surface area contributed by atoms with Crippen molar-refractivity contribution >= 4 is 11.6 Å². The van der Waals surface area contributed by atoms with Crippen LogP contribution in [0.5, 0.6) is 0 Å². The molecule has 1 aliphatic heterocycles. The maximum absolute atomic E-state index is 12.2. The molecule has 1 aromatic carbocycles. The van der Waals surface area contributed by atoms with Crippen LogP contribution in [0.15, 0.2) is 24.3 Å². The van der Waals surface area contributed by atoms with Crippen LogP contribution < -0.4 is 5.73 Å². The van der Waals surface area contributed by atoms with Gasteiger partial charge in [0.15, 0.2) is 0 Å². The molecule has 0 bridgehead atoms. The van der Waals surface area contributed by atoms with Gasteiger partial charge in [0, 0.05) is 18.8 Å². The Kier molecular flexibility index (Phi) is 3.87. The second-order valence-corrected chi connectivity index (χ2v) is 4.93. The van der Waals surface area contributed by atoms with Gasteiger partial charge in [0.05, 0.1) is 18.6 Å². The van der Waals surface area contributed by atoms with Crippen LogP contribution in [-0.2, 0) is 16.0 Å². The lowest BCUT2D eigenvalue weighted by Gasteiger charge is -2.35. The van der Waals surface area contributed by atoms with Crippen molar-refractivity contribution in [1.82, 2.24) is 4.90 Å². The van der Waals surface area contributed by atoms with E-state index in [9.17, 15) is 4.79 Å². The van der Waals surface area contributed by atoms with Crippen molar-refractivity contribution in [3.05, 3.63) is 29.8 Å². The molecule has 0 saturated carbocycles. The minimum atomic E-state index is 0.103. The van der Waals surface area contributed by atoms with E-state index >= 15 is 0 Å². The molecular formula is C14H20N2O2. The standard InChI is InChI=1S/C14H20N2O2/c1-10-8-16(9-11(2)18-10)14(17)7-12-5-3-4-6-13(12)15/h3-6,10-11H,7-9,15H2,1-2H3/t10-,11-/m0/s1. The maximum atomic E-state index is 12.2. The van der Waals surface area contributed by atoms with E-state index in [2.05, 4.69) is 0 Å². The van der Waals surface area contributed by atoms with Crippen LogP contribution in [0.2, 0.25) is 0 Å². The first kappa shape index (κ1) is 12.9. The first-order valence-electron chi connectivity index (χ1n) is 6.33. The lowest BCUT2D eigenvalue weighted by Crippen LogP contribution is -2.48. The second-order valence-electron chi connectivity index (χ2n) is 4.93. The third kappa shape index (κ3) is 3.01. The van der Waals surface area contributed by atoms with Crippen molar-refractivity contribution in [2.45, 2.75) is 32.5 Å². The highest BCUT2D eigenvalue weighted by Gasteiger charge is 2.25. The van der Waals surface area contributed by atoms with Gasteiger partial charge in [-0.15, -0.1) is 0 Å². The SMILES string of the molecule is C[C@H]1CN(C(=O)Cc2ccccc2N)C[C@H](C)O1. The Labute approximate surface area is 108 Å². The molecule has 1 heterocycles. The Morgan fingerprint density at radius 3 is 2.56 bits per heavy atom. The number of carbonyl (C=O) groups is 1. The number of nitrogens with two attached hydrogens (primary N) is 1. The van der Waals surface area contributed by atoms with Crippen LogP contribution in [0.4, 0.5) is 5.69 Å². The van der Waals surface area contributed by atoms with E-state index in [1.165, 1.54) is 0 Å². The topological polar surface area (TPSA) is 55.6 Å². The van der Waals surface area contributed by atoms with Gasteiger partial charge in [0.1, 0.15) is 0 Å². The van der Waals surface area contributed by atoms with E-state index in [1.807, 2.05) is 43.0 Å². The average Bonchev–Trinajstić information content (AvgIpc) is 2.31. The summed E-state index contributed by atoms with van der Waals surface area (Å²) in [6, 6.07) is 7.51. The number of nitrogens with zero attached hydrogens (tertiary/aromatic N) is 1. The van der Waals surface area contributed by atoms with Crippen LogP contribution in [0, 0.1) is 0 Å². The zero-order valence-corrected chi connectivity index (χ0v) is 10.9. The smallest absolute Gasteiger partial charge is 0.227 e. The first-order valence-corrected chi connectivity index (χ1v) is 6.33. The van der Waals surface area contributed by atoms with Gasteiger partial charge in [-0.05, 0) is 25.5 Å². The van der Waals surface area contributed by atoms with Crippen LogP contribution in [-0.4, -0.2) is 36.1 Å². The van der Waals surface area contributed by atoms with Crippen LogP contribution in [0.1, 0.15) is 19.4 Å². The summed E-state index contributed by atoms with van der Waals surface area (Å²) in [6.07, 6.45) is 0.572. The van der Waals surface area contributed by atoms with Gasteiger partial charge in [0.2, 0.25) is 5.91 Å². The molecule has 1 aromatic rings. The second kappa shape index (κ2) is 5.40. The zero-order chi connectivity index (χ0) is 13.1. The van der Waals surface area contributed by atoms with Gasteiger partial charge in [-0.25, -0.2) is 0 Å². The van der Waals surface area contributed by atoms with E-state index in [0.29, 0.717) is 25.2 Å². The molecule has 0 aliphatic carbocycles. The number of rotatable bonds is 2. The van der Waals surface area contributed by atoms with Gasteiger partial charge in [0.25, 0.3) is 0 Å². The van der Waals surface area contributed by atoms with Crippen LogP contribution in [0.3, 0.4) is 0 Å². The molecule has 4 heteroatoms. The minimum Gasteiger partial charge on any atom is -0.398 e. The quantitative estimate of drug-likeness (QED) is 0.806. The summed E-state index contributed by atoms with van der Waals surface area (Å²) in [5.74, 6) is 0.120. The Bertz CT molecular complexity index is 424. The Morgan fingerprint density at radius 1 is 1.33 bits per heavy atom. The third-order valence-corrected chi connectivity index (χ3v) is 3.17. The summed E-state index contributed by atoms with van der Waals surface area (Å²) < 4.78 is 5.62. The van der Waals surface area contributed by atoms with Crippen molar-refractivity contribution in [2.24, 2.45) is 0 Å². The number of morpholine rings is 1. The molecule has 1 fully saturated rings. The summed E-state index contributed by atoms with van der Waals surface area (Å²) in [5, 5.41) is 0. The fourth-order valence-corrected chi connectivity index (χ4v) is 2.35. The molecule has 1 amide bonds. The van der Waals surface area contributed by atoms with Gasteiger partial charge < -0.3 is 15.4 Å². The molecule has 1 saturated heterocycles. The highest BCUT2D eigenvalue weighted by Crippen LogP contribution is 2.15. The molecule has 2 atom stereocenters.